The van der Waals surface area contributed by atoms with Crippen molar-refractivity contribution in [2.75, 3.05) is 62.2 Å². The van der Waals surface area contributed by atoms with Crippen molar-refractivity contribution in [3.8, 4) is 5.75 Å². The van der Waals surface area contributed by atoms with Gasteiger partial charge in [0.1, 0.15) is 12.4 Å². The third-order valence-electron chi connectivity index (χ3n) is 7.82. The molecule has 1 aliphatic rings. The van der Waals surface area contributed by atoms with Crippen molar-refractivity contribution < 1.29 is 9.53 Å². The van der Waals surface area contributed by atoms with Crippen molar-refractivity contribution in [1.29, 1.82) is 0 Å². The maximum absolute atomic E-state index is 13.5. The first-order valence-electron chi connectivity index (χ1n) is 15.5. The number of likely N-dealkylation sites (N-methyl/N-ethyl adjacent to an activating group) is 1. The van der Waals surface area contributed by atoms with E-state index in [2.05, 4.69) is 88.8 Å². The van der Waals surface area contributed by atoms with E-state index < -0.39 is 0 Å². The summed E-state index contributed by atoms with van der Waals surface area (Å²) in [7, 11) is 0. The zero-order valence-corrected chi connectivity index (χ0v) is 25.9. The molecule has 0 unspecified atom stereocenters. The molecule has 2 aromatic carbocycles. The van der Waals surface area contributed by atoms with Crippen LogP contribution in [0.4, 0.5) is 11.6 Å². The summed E-state index contributed by atoms with van der Waals surface area (Å²) in [5.41, 5.74) is 3.35. The van der Waals surface area contributed by atoms with Crippen LogP contribution in [0, 0.1) is 5.92 Å². The Bertz CT molecular complexity index is 1230. The zero-order valence-electron chi connectivity index (χ0n) is 25.9. The lowest BCUT2D eigenvalue weighted by Crippen LogP contribution is -2.37. The molecule has 1 aliphatic heterocycles. The number of anilines is 2. The number of rotatable bonds is 11. The molecule has 1 amide bonds. The molecule has 8 heteroatoms. The summed E-state index contributed by atoms with van der Waals surface area (Å²) in [5.74, 6) is 2.14. The topological polar surface area (TPSA) is 65.0 Å². The number of carbonyl (C=O) groups is 1. The van der Waals surface area contributed by atoms with Crippen molar-refractivity contribution in [1.82, 2.24) is 19.8 Å². The molecule has 8 nitrogen and oxygen atoms in total. The minimum atomic E-state index is 0.178. The monoisotopic (exact) mass is 572 g/mol. The molecule has 0 spiro atoms. The first kappa shape index (κ1) is 31.4. The van der Waals surface area contributed by atoms with Gasteiger partial charge in [-0.15, -0.1) is 0 Å². The van der Waals surface area contributed by atoms with Crippen molar-refractivity contribution >= 4 is 17.5 Å². The minimum absolute atomic E-state index is 0.178. The summed E-state index contributed by atoms with van der Waals surface area (Å²) in [6.07, 6.45) is 4.96. The van der Waals surface area contributed by atoms with Gasteiger partial charge in [0.25, 0.3) is 0 Å². The lowest BCUT2D eigenvalue weighted by atomic mass is 10.1. The van der Waals surface area contributed by atoms with E-state index in [0.29, 0.717) is 25.5 Å². The summed E-state index contributed by atoms with van der Waals surface area (Å²) in [5, 5.41) is 0. The van der Waals surface area contributed by atoms with Gasteiger partial charge >= 0.3 is 0 Å². The molecule has 226 valence electrons. The largest absolute Gasteiger partial charge is 0.492 e. The highest BCUT2D eigenvalue weighted by Crippen LogP contribution is 2.27. The van der Waals surface area contributed by atoms with E-state index in [9.17, 15) is 4.79 Å². The predicted molar refractivity (Wildman–Crippen MR) is 171 cm³/mol. The SMILES string of the molecule is CCN(CC)CCOc1ccccc1CN1CCN(c2ncccn2)CCCN(C(=O)CC(C)C)c2ccccc2C1. The van der Waals surface area contributed by atoms with E-state index in [-0.39, 0.29) is 5.91 Å². The van der Waals surface area contributed by atoms with Crippen molar-refractivity contribution in [2.45, 2.75) is 53.6 Å². The van der Waals surface area contributed by atoms with Gasteiger partial charge in [-0.1, -0.05) is 64.1 Å². The molecule has 2 heterocycles. The van der Waals surface area contributed by atoms with Gasteiger partial charge in [0.05, 0.1) is 0 Å². The highest BCUT2D eigenvalue weighted by Gasteiger charge is 2.23. The molecule has 0 bridgehead atoms. The van der Waals surface area contributed by atoms with Crippen LogP contribution in [-0.4, -0.2) is 78.1 Å². The van der Waals surface area contributed by atoms with Crippen LogP contribution in [0.5, 0.6) is 5.75 Å². The van der Waals surface area contributed by atoms with Gasteiger partial charge in [0, 0.05) is 75.9 Å². The van der Waals surface area contributed by atoms with Gasteiger partial charge < -0.3 is 19.4 Å². The molecule has 4 rings (SSSR count). The standard InChI is InChI=1S/C34H48N6O2/c1-5-37(6-2)23-24-42-32-16-10-8-14-30(32)27-38-21-22-39(34-35-17-11-18-36-34)19-12-20-40(33(41)25-28(3)4)31-15-9-7-13-29(31)26-38/h7-11,13-18,28H,5-6,12,19-27H2,1-4H3. The number of carbonyl (C=O) groups excluding carboxylic acids is 1. The normalized spacial score (nSPS) is 15.0. The summed E-state index contributed by atoms with van der Waals surface area (Å²) in [6, 6.07) is 18.6. The Hall–Kier alpha value is -3.49. The summed E-state index contributed by atoms with van der Waals surface area (Å²) in [6.45, 7) is 16.7. The summed E-state index contributed by atoms with van der Waals surface area (Å²) in [4.78, 5) is 31.7. The van der Waals surface area contributed by atoms with Crippen molar-refractivity contribution in [2.24, 2.45) is 5.92 Å². The fourth-order valence-electron chi connectivity index (χ4n) is 5.49. The van der Waals surface area contributed by atoms with Crippen LogP contribution in [0.2, 0.25) is 0 Å². The third-order valence-corrected chi connectivity index (χ3v) is 7.82. The number of amides is 1. The predicted octanol–water partition coefficient (Wildman–Crippen LogP) is 5.49. The Morgan fingerprint density at radius 1 is 0.929 bits per heavy atom. The highest BCUT2D eigenvalue weighted by molar-refractivity contribution is 5.94. The molecule has 3 aromatic rings. The van der Waals surface area contributed by atoms with Gasteiger partial charge in [-0.2, -0.15) is 0 Å². The van der Waals surface area contributed by atoms with Crippen molar-refractivity contribution in [3.05, 3.63) is 78.1 Å². The third kappa shape index (κ3) is 9.00. The lowest BCUT2D eigenvalue weighted by molar-refractivity contribution is -0.119. The first-order chi connectivity index (χ1) is 20.5. The van der Waals surface area contributed by atoms with Crippen LogP contribution in [0.1, 0.15) is 51.7 Å². The Morgan fingerprint density at radius 3 is 2.43 bits per heavy atom. The number of nitrogens with zero attached hydrogens (tertiary/aromatic N) is 6. The minimum Gasteiger partial charge on any atom is -0.492 e. The van der Waals surface area contributed by atoms with Gasteiger partial charge in [-0.25, -0.2) is 9.97 Å². The fraction of sp³-hybridized carbons (Fsp3) is 0.500. The van der Waals surface area contributed by atoms with Gasteiger partial charge in [0.15, 0.2) is 0 Å². The number of hydrogen-bond acceptors (Lipinski definition) is 7. The number of para-hydroxylation sites is 2. The molecular formula is C34H48N6O2. The van der Waals surface area contributed by atoms with E-state index in [1.165, 1.54) is 11.1 Å². The van der Waals surface area contributed by atoms with Crippen LogP contribution in [0.25, 0.3) is 0 Å². The van der Waals surface area contributed by atoms with Crippen molar-refractivity contribution in [3.63, 3.8) is 0 Å². The average Bonchev–Trinajstić information content (AvgIpc) is 3.03. The van der Waals surface area contributed by atoms with E-state index in [4.69, 9.17) is 4.74 Å². The number of benzene rings is 2. The molecule has 42 heavy (non-hydrogen) atoms. The Labute approximate surface area is 252 Å². The Morgan fingerprint density at radius 2 is 1.67 bits per heavy atom. The first-order valence-corrected chi connectivity index (χ1v) is 15.5. The molecule has 0 saturated carbocycles. The van der Waals surface area contributed by atoms with Crippen LogP contribution >= 0.6 is 0 Å². The molecule has 0 atom stereocenters. The molecular weight excluding hydrogens is 524 g/mol. The second-order valence-corrected chi connectivity index (χ2v) is 11.4. The number of fused-ring (bicyclic) bond motifs is 1. The molecule has 0 N–H and O–H groups in total. The van der Waals surface area contributed by atoms with E-state index in [1.807, 2.05) is 23.1 Å². The average molecular weight is 573 g/mol. The Balaban J connectivity index is 1.62. The maximum Gasteiger partial charge on any atom is 0.227 e. The van der Waals surface area contributed by atoms with E-state index >= 15 is 0 Å². The van der Waals surface area contributed by atoms with Crippen LogP contribution in [0.3, 0.4) is 0 Å². The highest BCUT2D eigenvalue weighted by atomic mass is 16.5. The van der Waals surface area contributed by atoms with Gasteiger partial charge in [-0.05, 0) is 49.2 Å². The second kappa shape index (κ2) is 16.2. The molecule has 0 radical (unpaired) electrons. The number of aromatic nitrogens is 2. The van der Waals surface area contributed by atoms with E-state index in [1.54, 1.807) is 12.4 Å². The molecule has 0 aliphatic carbocycles. The van der Waals surface area contributed by atoms with E-state index in [0.717, 1.165) is 76.2 Å². The maximum atomic E-state index is 13.5. The second-order valence-electron chi connectivity index (χ2n) is 11.4. The molecule has 1 aromatic heterocycles. The van der Waals surface area contributed by atoms with Crippen LogP contribution < -0.4 is 14.5 Å². The zero-order chi connectivity index (χ0) is 29.7. The van der Waals surface area contributed by atoms with Crippen LogP contribution in [-0.2, 0) is 17.9 Å². The van der Waals surface area contributed by atoms with Gasteiger partial charge in [-0.3, -0.25) is 9.69 Å². The molecule has 0 saturated heterocycles. The fourth-order valence-corrected chi connectivity index (χ4v) is 5.49. The van der Waals surface area contributed by atoms with Crippen LogP contribution in [0.15, 0.2) is 67.0 Å². The summed E-state index contributed by atoms with van der Waals surface area (Å²) >= 11 is 0. The van der Waals surface area contributed by atoms with Gasteiger partial charge in [0.2, 0.25) is 11.9 Å². The smallest absolute Gasteiger partial charge is 0.227 e. The number of ether oxygens (including phenoxy) is 1. The quantitative estimate of drug-likeness (QED) is 0.301. The Kier molecular flexibility index (Phi) is 12.1. The lowest BCUT2D eigenvalue weighted by Gasteiger charge is -2.29. The summed E-state index contributed by atoms with van der Waals surface area (Å²) < 4.78 is 6.33. The molecule has 0 fully saturated rings. The number of hydrogen-bond donors (Lipinski definition) is 0.